The fourth-order valence-electron chi connectivity index (χ4n) is 5.05. The van der Waals surface area contributed by atoms with E-state index in [0.29, 0.717) is 0 Å². The second-order valence-electron chi connectivity index (χ2n) is 9.13. The third-order valence-corrected chi connectivity index (χ3v) is 7.34. The third-order valence-electron chi connectivity index (χ3n) is 6.76. The van der Waals surface area contributed by atoms with E-state index in [1.807, 2.05) is 28.6 Å². The molecule has 2 aliphatic heterocycles. The summed E-state index contributed by atoms with van der Waals surface area (Å²) in [6.45, 7) is 3.57. The van der Waals surface area contributed by atoms with Crippen molar-refractivity contribution in [1.29, 1.82) is 0 Å². The van der Waals surface area contributed by atoms with Crippen LogP contribution in [0.3, 0.4) is 0 Å². The van der Waals surface area contributed by atoms with Crippen molar-refractivity contribution in [1.82, 2.24) is 24.5 Å². The summed E-state index contributed by atoms with van der Waals surface area (Å²) in [6.07, 6.45) is 8.34. The van der Waals surface area contributed by atoms with Crippen LogP contribution in [0, 0.1) is 6.92 Å². The number of fused-ring (bicyclic) bond motifs is 1. The average Bonchev–Trinajstić information content (AvgIpc) is 3.47. The highest BCUT2D eigenvalue weighted by Crippen LogP contribution is 2.38. The van der Waals surface area contributed by atoms with Crippen molar-refractivity contribution in [3.05, 3.63) is 52.9 Å². The van der Waals surface area contributed by atoms with E-state index >= 15 is 0 Å². The summed E-state index contributed by atoms with van der Waals surface area (Å²) in [5.41, 5.74) is 6.08. The molecule has 2 atom stereocenters. The van der Waals surface area contributed by atoms with Gasteiger partial charge in [-0.25, -0.2) is 9.36 Å². The van der Waals surface area contributed by atoms with Gasteiger partial charge in [-0.15, -0.1) is 0 Å². The monoisotopic (exact) mass is 521 g/mol. The molecule has 3 aromatic heterocycles. The predicted molar refractivity (Wildman–Crippen MR) is 134 cm³/mol. The first-order valence-corrected chi connectivity index (χ1v) is 12.9. The third kappa shape index (κ3) is 3.97. The van der Waals surface area contributed by atoms with E-state index in [0.717, 1.165) is 95.5 Å². The lowest BCUT2D eigenvalue weighted by Crippen LogP contribution is -2.20. The van der Waals surface area contributed by atoms with Crippen molar-refractivity contribution in [3.8, 4) is 22.5 Å². The summed E-state index contributed by atoms with van der Waals surface area (Å²) in [5.74, 6) is 0. The molecular weight excluding hydrogens is 494 g/mol. The molecule has 4 aromatic rings. The smallest absolute Gasteiger partial charge is 0.150 e. The molecule has 2 saturated heterocycles. The summed E-state index contributed by atoms with van der Waals surface area (Å²) in [5, 5.41) is 10.6. The van der Waals surface area contributed by atoms with Gasteiger partial charge in [-0.2, -0.15) is 10.2 Å². The quantitative estimate of drug-likeness (QED) is 0.309. The SMILES string of the molecule is Cc1cccc(-c2c(-c3ccc4c(c3)c(Br)nn4C3CCCCO3)cnn2C2CCCCO2)n1. The Hall–Kier alpha value is -2.55. The first-order chi connectivity index (χ1) is 16.7. The van der Waals surface area contributed by atoms with E-state index in [4.69, 9.17) is 24.7 Å². The second kappa shape index (κ2) is 9.24. The van der Waals surface area contributed by atoms with Gasteiger partial charge in [0.05, 0.1) is 23.1 Å². The number of pyridine rings is 1. The summed E-state index contributed by atoms with van der Waals surface area (Å²) >= 11 is 3.69. The van der Waals surface area contributed by atoms with Crippen molar-refractivity contribution in [2.45, 2.75) is 57.9 Å². The van der Waals surface area contributed by atoms with Crippen molar-refractivity contribution in [2.24, 2.45) is 0 Å². The first kappa shape index (κ1) is 21.9. The van der Waals surface area contributed by atoms with Crippen molar-refractivity contribution in [3.63, 3.8) is 0 Å². The summed E-state index contributed by atoms with van der Waals surface area (Å²) in [7, 11) is 0. The molecule has 34 heavy (non-hydrogen) atoms. The van der Waals surface area contributed by atoms with Gasteiger partial charge in [0, 0.05) is 29.9 Å². The molecule has 8 heteroatoms. The van der Waals surface area contributed by atoms with Gasteiger partial charge in [0.2, 0.25) is 0 Å². The zero-order chi connectivity index (χ0) is 23.1. The Labute approximate surface area is 207 Å². The van der Waals surface area contributed by atoms with Crippen LogP contribution < -0.4 is 0 Å². The van der Waals surface area contributed by atoms with Gasteiger partial charge >= 0.3 is 0 Å². The van der Waals surface area contributed by atoms with E-state index in [2.05, 4.69) is 46.3 Å². The van der Waals surface area contributed by atoms with Crippen molar-refractivity contribution >= 4 is 26.8 Å². The van der Waals surface area contributed by atoms with E-state index < -0.39 is 0 Å². The van der Waals surface area contributed by atoms with Crippen LogP contribution in [-0.2, 0) is 9.47 Å². The highest BCUT2D eigenvalue weighted by Gasteiger charge is 2.25. The molecule has 0 spiro atoms. The molecule has 2 unspecified atom stereocenters. The number of benzene rings is 1. The van der Waals surface area contributed by atoms with Crippen molar-refractivity contribution < 1.29 is 9.47 Å². The van der Waals surface area contributed by atoms with Gasteiger partial charge in [-0.3, -0.25) is 4.98 Å². The second-order valence-corrected chi connectivity index (χ2v) is 9.88. The number of rotatable bonds is 4. The Morgan fingerprint density at radius 3 is 2.41 bits per heavy atom. The normalized spacial score (nSPS) is 21.2. The fraction of sp³-hybridized carbons (Fsp3) is 0.423. The van der Waals surface area contributed by atoms with Gasteiger partial charge in [0.1, 0.15) is 4.60 Å². The average molecular weight is 522 g/mol. The van der Waals surface area contributed by atoms with Gasteiger partial charge in [-0.05, 0) is 91.2 Å². The topological polar surface area (TPSA) is 67.0 Å². The van der Waals surface area contributed by atoms with E-state index in [1.165, 1.54) is 0 Å². The molecule has 2 aliphatic rings. The molecule has 0 bridgehead atoms. The minimum atomic E-state index is -0.0681. The van der Waals surface area contributed by atoms with Gasteiger partial charge < -0.3 is 9.47 Å². The van der Waals surface area contributed by atoms with Gasteiger partial charge in [-0.1, -0.05) is 12.1 Å². The summed E-state index contributed by atoms with van der Waals surface area (Å²) in [4.78, 5) is 4.84. The number of halogens is 1. The minimum Gasteiger partial charge on any atom is -0.356 e. The van der Waals surface area contributed by atoms with Gasteiger partial charge in [0.25, 0.3) is 0 Å². The Balaban J connectivity index is 1.47. The number of aromatic nitrogens is 5. The van der Waals surface area contributed by atoms with Gasteiger partial charge in [0.15, 0.2) is 12.5 Å². The molecule has 7 nitrogen and oxygen atoms in total. The highest BCUT2D eigenvalue weighted by atomic mass is 79.9. The standard InChI is InChI=1S/C26H28BrN5O2/c1-17-7-6-8-21(29-17)25-20(16-28-32(25)24-10-3-5-14-34-24)18-11-12-22-19(15-18)26(27)30-31(22)23-9-2-4-13-33-23/h6-8,11-12,15-16,23-24H,2-5,9-10,13-14H2,1H3. The van der Waals surface area contributed by atoms with Crippen LogP contribution >= 0.6 is 15.9 Å². The molecule has 6 rings (SSSR count). The molecular formula is C26H28BrN5O2. The van der Waals surface area contributed by atoms with Crippen LogP contribution in [0.4, 0.5) is 0 Å². The first-order valence-electron chi connectivity index (χ1n) is 12.1. The number of nitrogens with zero attached hydrogens (tertiary/aromatic N) is 5. The molecule has 1 aromatic carbocycles. The highest BCUT2D eigenvalue weighted by molar-refractivity contribution is 9.10. The Bertz CT molecular complexity index is 1320. The molecule has 0 aliphatic carbocycles. The fourth-order valence-corrected chi connectivity index (χ4v) is 5.53. The summed E-state index contributed by atoms with van der Waals surface area (Å²) < 4.78 is 17.0. The number of ether oxygens (including phenoxy) is 2. The molecule has 0 saturated carbocycles. The molecule has 0 amide bonds. The Kier molecular flexibility index (Phi) is 5.97. The molecule has 0 radical (unpaired) electrons. The molecule has 5 heterocycles. The zero-order valence-electron chi connectivity index (χ0n) is 19.3. The maximum Gasteiger partial charge on any atom is 0.150 e. The lowest BCUT2D eigenvalue weighted by molar-refractivity contribution is -0.0383. The number of hydrogen-bond acceptors (Lipinski definition) is 5. The molecule has 2 fully saturated rings. The van der Waals surface area contributed by atoms with E-state index in [9.17, 15) is 0 Å². The van der Waals surface area contributed by atoms with E-state index in [-0.39, 0.29) is 12.5 Å². The van der Waals surface area contributed by atoms with Crippen LogP contribution in [0.25, 0.3) is 33.4 Å². The van der Waals surface area contributed by atoms with Crippen LogP contribution in [0.2, 0.25) is 0 Å². The van der Waals surface area contributed by atoms with Crippen LogP contribution in [0.1, 0.15) is 56.7 Å². The lowest BCUT2D eigenvalue weighted by Gasteiger charge is -2.25. The number of aryl methyl sites for hydroxylation is 1. The molecule has 0 N–H and O–H groups in total. The van der Waals surface area contributed by atoms with Crippen LogP contribution in [0.5, 0.6) is 0 Å². The van der Waals surface area contributed by atoms with Crippen LogP contribution in [0.15, 0.2) is 47.2 Å². The predicted octanol–water partition coefficient (Wildman–Crippen LogP) is 6.43. The Morgan fingerprint density at radius 2 is 1.71 bits per heavy atom. The minimum absolute atomic E-state index is 0.00773. The van der Waals surface area contributed by atoms with Crippen molar-refractivity contribution in [2.75, 3.05) is 13.2 Å². The van der Waals surface area contributed by atoms with E-state index in [1.54, 1.807) is 0 Å². The van der Waals surface area contributed by atoms with Crippen LogP contribution in [-0.4, -0.2) is 37.8 Å². The molecule has 176 valence electrons. The lowest BCUT2D eigenvalue weighted by atomic mass is 10.0. The Morgan fingerprint density at radius 1 is 0.941 bits per heavy atom. The summed E-state index contributed by atoms with van der Waals surface area (Å²) in [6, 6.07) is 12.6. The maximum atomic E-state index is 6.10. The number of hydrogen-bond donors (Lipinski definition) is 0. The largest absolute Gasteiger partial charge is 0.356 e. The maximum absolute atomic E-state index is 6.10. The zero-order valence-corrected chi connectivity index (χ0v) is 20.9.